The molecule has 1 unspecified atom stereocenters. The molecule has 0 heterocycles. The van der Waals surface area contributed by atoms with Gasteiger partial charge in [0.25, 0.3) is 0 Å². The zero-order valence-corrected chi connectivity index (χ0v) is 11.0. The van der Waals surface area contributed by atoms with Crippen molar-refractivity contribution in [2.75, 3.05) is 6.54 Å². The third kappa shape index (κ3) is 4.99. The van der Waals surface area contributed by atoms with Crippen molar-refractivity contribution >= 4 is 11.7 Å². The maximum absolute atomic E-state index is 11.5. The van der Waals surface area contributed by atoms with Crippen LogP contribution < -0.4 is 11.1 Å². The fraction of sp³-hybridized carbons (Fsp3) is 0.429. The Morgan fingerprint density at radius 2 is 2.06 bits per heavy atom. The number of amides is 1. The third-order valence-corrected chi connectivity index (χ3v) is 2.71. The van der Waals surface area contributed by atoms with Crippen molar-refractivity contribution in [1.82, 2.24) is 5.32 Å². The van der Waals surface area contributed by atoms with Gasteiger partial charge in [0, 0.05) is 18.0 Å². The van der Waals surface area contributed by atoms with Crippen molar-refractivity contribution in [3.63, 3.8) is 0 Å². The molecule has 0 aliphatic carbocycles. The van der Waals surface area contributed by atoms with Gasteiger partial charge >= 0.3 is 0 Å². The van der Waals surface area contributed by atoms with E-state index in [-0.39, 0.29) is 11.9 Å². The van der Waals surface area contributed by atoms with Crippen LogP contribution in [0, 0.1) is 0 Å². The Morgan fingerprint density at radius 3 is 2.67 bits per heavy atom. The molecule has 0 fully saturated rings. The smallest absolute Gasteiger partial charge is 0.222 e. The Balaban J connectivity index is 2.39. The van der Waals surface area contributed by atoms with E-state index in [0.717, 1.165) is 12.0 Å². The second-order valence-electron chi connectivity index (χ2n) is 4.26. The van der Waals surface area contributed by atoms with Gasteiger partial charge in [0.05, 0.1) is 6.54 Å². The SMILES string of the molecule is CCC(C)NC(=O)CCN=C(N)c1ccccc1. The summed E-state index contributed by atoms with van der Waals surface area (Å²) in [6.45, 7) is 4.44. The topological polar surface area (TPSA) is 67.5 Å². The van der Waals surface area contributed by atoms with E-state index in [2.05, 4.69) is 10.3 Å². The molecule has 0 aromatic heterocycles. The van der Waals surface area contributed by atoms with Crippen molar-refractivity contribution < 1.29 is 4.79 Å². The maximum Gasteiger partial charge on any atom is 0.222 e. The molecular weight excluding hydrogens is 226 g/mol. The van der Waals surface area contributed by atoms with Gasteiger partial charge < -0.3 is 11.1 Å². The number of carbonyl (C=O) groups is 1. The number of nitrogens with one attached hydrogen (secondary N) is 1. The quantitative estimate of drug-likeness (QED) is 0.593. The normalized spacial score (nSPS) is 13.1. The van der Waals surface area contributed by atoms with Gasteiger partial charge in [-0.15, -0.1) is 0 Å². The number of hydrogen-bond acceptors (Lipinski definition) is 2. The van der Waals surface area contributed by atoms with Crippen LogP contribution in [-0.2, 0) is 4.79 Å². The van der Waals surface area contributed by atoms with Crippen molar-refractivity contribution in [3.05, 3.63) is 35.9 Å². The molecule has 0 radical (unpaired) electrons. The molecule has 0 aliphatic heterocycles. The van der Waals surface area contributed by atoms with E-state index >= 15 is 0 Å². The molecule has 1 aromatic rings. The monoisotopic (exact) mass is 247 g/mol. The highest BCUT2D eigenvalue weighted by molar-refractivity contribution is 5.97. The number of nitrogens with zero attached hydrogens (tertiary/aromatic N) is 1. The zero-order chi connectivity index (χ0) is 13.4. The zero-order valence-electron chi connectivity index (χ0n) is 11.0. The molecule has 3 N–H and O–H groups in total. The van der Waals surface area contributed by atoms with Crippen LogP contribution in [-0.4, -0.2) is 24.3 Å². The van der Waals surface area contributed by atoms with Crippen LogP contribution in [0.5, 0.6) is 0 Å². The lowest BCUT2D eigenvalue weighted by Gasteiger charge is -2.10. The largest absolute Gasteiger partial charge is 0.384 e. The summed E-state index contributed by atoms with van der Waals surface area (Å²) in [6, 6.07) is 9.76. The molecule has 0 saturated carbocycles. The molecule has 1 atom stereocenters. The molecule has 98 valence electrons. The second-order valence-corrected chi connectivity index (χ2v) is 4.26. The van der Waals surface area contributed by atoms with Crippen molar-refractivity contribution in [2.45, 2.75) is 32.7 Å². The van der Waals surface area contributed by atoms with Crippen molar-refractivity contribution in [1.29, 1.82) is 0 Å². The van der Waals surface area contributed by atoms with Crippen LogP contribution in [0.15, 0.2) is 35.3 Å². The van der Waals surface area contributed by atoms with E-state index in [1.54, 1.807) is 0 Å². The molecule has 0 saturated heterocycles. The molecule has 4 nitrogen and oxygen atoms in total. The first-order chi connectivity index (χ1) is 8.63. The summed E-state index contributed by atoms with van der Waals surface area (Å²) in [5.41, 5.74) is 6.72. The van der Waals surface area contributed by atoms with Gasteiger partial charge in [0.1, 0.15) is 5.84 Å². The van der Waals surface area contributed by atoms with Crippen molar-refractivity contribution in [2.24, 2.45) is 10.7 Å². The van der Waals surface area contributed by atoms with Gasteiger partial charge in [-0.05, 0) is 13.3 Å². The second kappa shape index (κ2) is 7.48. The number of nitrogens with two attached hydrogens (primary N) is 1. The third-order valence-electron chi connectivity index (χ3n) is 2.71. The van der Waals surface area contributed by atoms with Crippen LogP contribution in [0.3, 0.4) is 0 Å². The summed E-state index contributed by atoms with van der Waals surface area (Å²) in [5.74, 6) is 0.501. The summed E-state index contributed by atoms with van der Waals surface area (Å²) in [4.78, 5) is 15.7. The summed E-state index contributed by atoms with van der Waals surface area (Å²) in [6.07, 6.45) is 1.30. The van der Waals surface area contributed by atoms with E-state index in [1.165, 1.54) is 0 Å². The minimum atomic E-state index is 0.0222. The fourth-order valence-corrected chi connectivity index (χ4v) is 1.43. The number of benzene rings is 1. The minimum Gasteiger partial charge on any atom is -0.384 e. The standard InChI is InChI=1S/C14H21N3O/c1-3-11(2)17-13(18)9-10-16-14(15)12-7-5-4-6-8-12/h4-8,11H,3,9-10H2,1-2H3,(H2,15,16)(H,17,18). The molecule has 0 spiro atoms. The Morgan fingerprint density at radius 1 is 1.39 bits per heavy atom. The molecule has 18 heavy (non-hydrogen) atoms. The predicted molar refractivity (Wildman–Crippen MR) is 74.5 cm³/mol. The van der Waals surface area contributed by atoms with Crippen molar-refractivity contribution in [3.8, 4) is 0 Å². The molecule has 1 aromatic carbocycles. The first-order valence-corrected chi connectivity index (χ1v) is 6.28. The Kier molecular flexibility index (Phi) is 5.91. The molecule has 1 amide bonds. The summed E-state index contributed by atoms with van der Waals surface area (Å²) < 4.78 is 0. The highest BCUT2D eigenvalue weighted by atomic mass is 16.1. The van der Waals surface area contributed by atoms with Crippen LogP contribution in [0.1, 0.15) is 32.3 Å². The molecular formula is C14H21N3O. The predicted octanol–water partition coefficient (Wildman–Crippen LogP) is 1.70. The van der Waals surface area contributed by atoms with Gasteiger partial charge in [0.2, 0.25) is 5.91 Å². The molecule has 4 heteroatoms. The van der Waals surface area contributed by atoms with E-state index in [1.807, 2.05) is 44.2 Å². The van der Waals surface area contributed by atoms with Crippen LogP contribution in [0.4, 0.5) is 0 Å². The minimum absolute atomic E-state index is 0.0222. The van der Waals surface area contributed by atoms with E-state index in [4.69, 9.17) is 5.73 Å². The summed E-state index contributed by atoms with van der Waals surface area (Å²) >= 11 is 0. The first-order valence-electron chi connectivity index (χ1n) is 6.28. The number of aliphatic imine (C=N–C) groups is 1. The summed E-state index contributed by atoms with van der Waals surface area (Å²) in [5, 5.41) is 2.89. The number of carbonyl (C=O) groups excluding carboxylic acids is 1. The Hall–Kier alpha value is -1.84. The summed E-state index contributed by atoms with van der Waals surface area (Å²) in [7, 11) is 0. The molecule has 0 bridgehead atoms. The number of hydrogen-bond donors (Lipinski definition) is 2. The molecule has 1 rings (SSSR count). The highest BCUT2D eigenvalue weighted by Gasteiger charge is 2.04. The van der Waals surface area contributed by atoms with Gasteiger partial charge in [-0.25, -0.2) is 0 Å². The van der Waals surface area contributed by atoms with E-state index < -0.39 is 0 Å². The number of rotatable bonds is 6. The number of amidine groups is 1. The molecule has 0 aliphatic rings. The fourth-order valence-electron chi connectivity index (χ4n) is 1.43. The Bertz CT molecular complexity index is 401. The van der Waals surface area contributed by atoms with Crippen LogP contribution >= 0.6 is 0 Å². The van der Waals surface area contributed by atoms with Gasteiger partial charge in [-0.1, -0.05) is 37.3 Å². The maximum atomic E-state index is 11.5. The van der Waals surface area contributed by atoms with Crippen LogP contribution in [0.2, 0.25) is 0 Å². The lowest BCUT2D eigenvalue weighted by Crippen LogP contribution is -2.32. The van der Waals surface area contributed by atoms with Crippen LogP contribution in [0.25, 0.3) is 0 Å². The van der Waals surface area contributed by atoms with E-state index in [0.29, 0.717) is 18.8 Å². The lowest BCUT2D eigenvalue weighted by molar-refractivity contribution is -0.121. The Labute approximate surface area is 108 Å². The average molecular weight is 247 g/mol. The van der Waals surface area contributed by atoms with Gasteiger partial charge in [-0.3, -0.25) is 9.79 Å². The van der Waals surface area contributed by atoms with Gasteiger partial charge in [-0.2, -0.15) is 0 Å². The van der Waals surface area contributed by atoms with E-state index in [9.17, 15) is 4.79 Å². The van der Waals surface area contributed by atoms with Gasteiger partial charge in [0.15, 0.2) is 0 Å². The highest BCUT2D eigenvalue weighted by Crippen LogP contribution is 1.98. The first kappa shape index (κ1) is 14.2. The lowest BCUT2D eigenvalue weighted by atomic mass is 10.2. The average Bonchev–Trinajstić information content (AvgIpc) is 2.39.